The fourth-order valence-electron chi connectivity index (χ4n) is 0.991. The molecule has 1 aliphatic heterocycles. The third-order valence-corrected chi connectivity index (χ3v) is 1.43. The van der Waals surface area contributed by atoms with E-state index in [9.17, 15) is 0 Å². The molecular formula is C6H13NO2. The molecule has 0 saturated carbocycles. The van der Waals surface area contributed by atoms with Gasteiger partial charge in [-0.25, -0.2) is 0 Å². The fraction of sp³-hybridized carbons (Fsp3) is 1.00. The predicted molar refractivity (Wildman–Crippen MR) is 34.3 cm³/mol. The van der Waals surface area contributed by atoms with Crippen LogP contribution in [-0.4, -0.2) is 37.0 Å². The highest BCUT2D eigenvalue weighted by atomic mass is 16.5. The average Bonchev–Trinajstić information content (AvgIpc) is 1.88. The molecule has 0 aromatic heterocycles. The van der Waals surface area contributed by atoms with Gasteiger partial charge in [-0.1, -0.05) is 0 Å². The van der Waals surface area contributed by atoms with Crippen LogP contribution >= 0.6 is 0 Å². The lowest BCUT2D eigenvalue weighted by Gasteiger charge is -2.27. The number of aliphatic hydroxyl groups is 1. The molecule has 9 heavy (non-hydrogen) atoms. The normalized spacial score (nSPS) is 36.7. The maximum atomic E-state index is 8.67. The molecule has 0 aliphatic carbocycles. The molecule has 0 radical (unpaired) electrons. The van der Waals surface area contributed by atoms with Gasteiger partial charge in [-0.3, -0.25) is 0 Å². The summed E-state index contributed by atoms with van der Waals surface area (Å²) in [7, 11) is 0. The summed E-state index contributed by atoms with van der Waals surface area (Å²) in [6.45, 7) is 3.61. The smallest absolute Gasteiger partial charge is 0.0642 e. The molecule has 2 N–H and O–H groups in total. The monoisotopic (exact) mass is 131 g/mol. The lowest BCUT2D eigenvalue weighted by atomic mass is 10.2. The average molecular weight is 131 g/mol. The van der Waals surface area contributed by atoms with Crippen LogP contribution in [0.25, 0.3) is 0 Å². The number of ether oxygens (including phenoxy) is 1. The van der Waals surface area contributed by atoms with Gasteiger partial charge >= 0.3 is 0 Å². The molecule has 0 amide bonds. The van der Waals surface area contributed by atoms with E-state index in [1.165, 1.54) is 0 Å². The van der Waals surface area contributed by atoms with Gasteiger partial charge in [-0.05, 0) is 6.92 Å². The summed E-state index contributed by atoms with van der Waals surface area (Å²) in [6.07, 6.45) is 0. The summed E-state index contributed by atoms with van der Waals surface area (Å²) in [4.78, 5) is 0. The van der Waals surface area contributed by atoms with Crippen molar-refractivity contribution >= 4 is 0 Å². The molecule has 54 valence electrons. The molecule has 1 aliphatic rings. The summed E-state index contributed by atoms with van der Waals surface area (Å²) in [6, 6.07) is 0.532. The zero-order valence-corrected chi connectivity index (χ0v) is 5.63. The van der Waals surface area contributed by atoms with Crippen LogP contribution in [0.5, 0.6) is 0 Å². The number of nitrogens with one attached hydrogen (secondary N) is 1. The minimum atomic E-state index is 0.147. The van der Waals surface area contributed by atoms with Crippen molar-refractivity contribution in [1.82, 2.24) is 5.32 Å². The molecule has 0 aromatic carbocycles. The van der Waals surface area contributed by atoms with E-state index in [0.717, 1.165) is 6.61 Å². The van der Waals surface area contributed by atoms with E-state index in [4.69, 9.17) is 9.84 Å². The van der Waals surface area contributed by atoms with E-state index >= 15 is 0 Å². The van der Waals surface area contributed by atoms with Crippen LogP contribution in [0.2, 0.25) is 0 Å². The second-order valence-corrected chi connectivity index (χ2v) is 2.48. The van der Waals surface area contributed by atoms with Crippen LogP contribution in [0.1, 0.15) is 6.92 Å². The van der Waals surface area contributed by atoms with Gasteiger partial charge in [0.15, 0.2) is 0 Å². The molecule has 1 fully saturated rings. The SMILES string of the molecule is C[C@@H]1COC[C@@H](CO)N1. The predicted octanol–water partition coefficient (Wildman–Crippen LogP) is -0.644. The lowest BCUT2D eigenvalue weighted by Crippen LogP contribution is -2.49. The highest BCUT2D eigenvalue weighted by Gasteiger charge is 2.16. The Hall–Kier alpha value is -0.120. The van der Waals surface area contributed by atoms with Crippen molar-refractivity contribution in [2.24, 2.45) is 0 Å². The Morgan fingerprint density at radius 3 is 2.89 bits per heavy atom. The first kappa shape index (κ1) is 6.99. The van der Waals surface area contributed by atoms with E-state index in [1.807, 2.05) is 6.92 Å². The summed E-state index contributed by atoms with van der Waals surface area (Å²) in [5.74, 6) is 0. The number of rotatable bonds is 1. The first-order chi connectivity index (χ1) is 4.33. The molecule has 1 heterocycles. The van der Waals surface area contributed by atoms with Crippen molar-refractivity contribution < 1.29 is 9.84 Å². The first-order valence-corrected chi connectivity index (χ1v) is 3.27. The Bertz CT molecular complexity index is 87.1. The standard InChI is InChI=1S/C6H13NO2/c1-5-3-9-4-6(2-8)7-5/h5-8H,2-4H2,1H3/t5-,6-/m1/s1. The van der Waals surface area contributed by atoms with Gasteiger partial charge < -0.3 is 15.2 Å². The van der Waals surface area contributed by atoms with Crippen LogP contribution in [0.4, 0.5) is 0 Å². The molecule has 1 saturated heterocycles. The van der Waals surface area contributed by atoms with Gasteiger partial charge in [-0.2, -0.15) is 0 Å². The van der Waals surface area contributed by atoms with Crippen LogP contribution in [-0.2, 0) is 4.74 Å². The molecule has 0 aromatic rings. The van der Waals surface area contributed by atoms with Crippen LogP contribution in [0.15, 0.2) is 0 Å². The maximum Gasteiger partial charge on any atom is 0.0642 e. The summed E-state index contributed by atoms with van der Waals surface area (Å²) >= 11 is 0. The maximum absolute atomic E-state index is 8.67. The molecule has 3 nitrogen and oxygen atoms in total. The summed E-state index contributed by atoms with van der Waals surface area (Å²) in [5, 5.41) is 11.9. The van der Waals surface area contributed by atoms with Gasteiger partial charge in [0.2, 0.25) is 0 Å². The molecule has 0 unspecified atom stereocenters. The molecule has 3 heteroatoms. The number of morpholine rings is 1. The largest absolute Gasteiger partial charge is 0.395 e. The van der Waals surface area contributed by atoms with Crippen molar-refractivity contribution in [1.29, 1.82) is 0 Å². The van der Waals surface area contributed by atoms with E-state index in [1.54, 1.807) is 0 Å². The van der Waals surface area contributed by atoms with E-state index < -0.39 is 0 Å². The van der Waals surface area contributed by atoms with Crippen LogP contribution in [0.3, 0.4) is 0 Å². The minimum Gasteiger partial charge on any atom is -0.395 e. The number of aliphatic hydroxyl groups excluding tert-OH is 1. The lowest BCUT2D eigenvalue weighted by molar-refractivity contribution is 0.0316. The Kier molecular flexibility index (Phi) is 2.45. The number of hydrogen-bond donors (Lipinski definition) is 2. The zero-order chi connectivity index (χ0) is 6.69. The van der Waals surface area contributed by atoms with E-state index in [0.29, 0.717) is 12.6 Å². The second kappa shape index (κ2) is 3.15. The quantitative estimate of drug-likeness (QED) is 0.497. The molecular weight excluding hydrogens is 118 g/mol. The van der Waals surface area contributed by atoms with Crippen LogP contribution in [0, 0.1) is 0 Å². The van der Waals surface area contributed by atoms with E-state index in [2.05, 4.69) is 5.32 Å². The number of hydrogen-bond acceptors (Lipinski definition) is 3. The van der Waals surface area contributed by atoms with Gasteiger partial charge in [0, 0.05) is 6.04 Å². The van der Waals surface area contributed by atoms with Gasteiger partial charge in [-0.15, -0.1) is 0 Å². The topological polar surface area (TPSA) is 41.5 Å². The molecule has 0 spiro atoms. The molecule has 2 atom stereocenters. The fourth-order valence-corrected chi connectivity index (χ4v) is 0.991. The second-order valence-electron chi connectivity index (χ2n) is 2.48. The van der Waals surface area contributed by atoms with Gasteiger partial charge in [0.05, 0.1) is 25.9 Å². The van der Waals surface area contributed by atoms with E-state index in [-0.39, 0.29) is 12.6 Å². The Labute approximate surface area is 55.0 Å². The zero-order valence-electron chi connectivity index (χ0n) is 5.63. The molecule has 0 bridgehead atoms. The minimum absolute atomic E-state index is 0.147. The third-order valence-electron chi connectivity index (χ3n) is 1.43. The highest BCUT2D eigenvalue weighted by molar-refractivity contribution is 4.74. The van der Waals surface area contributed by atoms with Gasteiger partial charge in [0.25, 0.3) is 0 Å². The van der Waals surface area contributed by atoms with Crippen molar-refractivity contribution in [3.63, 3.8) is 0 Å². The summed E-state index contributed by atoms with van der Waals surface area (Å²) < 4.78 is 5.16. The van der Waals surface area contributed by atoms with Crippen molar-refractivity contribution in [2.75, 3.05) is 19.8 Å². The van der Waals surface area contributed by atoms with Crippen molar-refractivity contribution in [3.8, 4) is 0 Å². The molecule has 1 rings (SSSR count). The third kappa shape index (κ3) is 1.93. The Morgan fingerprint density at radius 1 is 1.67 bits per heavy atom. The van der Waals surface area contributed by atoms with Crippen molar-refractivity contribution in [2.45, 2.75) is 19.0 Å². The highest BCUT2D eigenvalue weighted by Crippen LogP contribution is 1.96. The van der Waals surface area contributed by atoms with Crippen LogP contribution < -0.4 is 5.32 Å². The van der Waals surface area contributed by atoms with Gasteiger partial charge in [0.1, 0.15) is 0 Å². The Morgan fingerprint density at radius 2 is 2.44 bits per heavy atom. The first-order valence-electron chi connectivity index (χ1n) is 3.27. The summed E-state index contributed by atoms with van der Waals surface area (Å²) in [5.41, 5.74) is 0. The Balaban J connectivity index is 2.23. The van der Waals surface area contributed by atoms with Crippen molar-refractivity contribution in [3.05, 3.63) is 0 Å².